The van der Waals surface area contributed by atoms with Gasteiger partial charge in [0, 0.05) is 12.1 Å². The molecule has 112 valence electrons. The number of benzene rings is 1. The molecule has 1 aliphatic carbocycles. The average molecular weight is 287 g/mol. The second-order valence-corrected chi connectivity index (χ2v) is 5.22. The highest BCUT2D eigenvalue weighted by molar-refractivity contribution is 5.33. The number of hydrogen-bond acceptors (Lipinski definition) is 4. The molecule has 0 radical (unpaired) electrons. The van der Waals surface area contributed by atoms with Gasteiger partial charge in [-0.3, -0.25) is 0 Å². The Balaban J connectivity index is 1.50. The first kappa shape index (κ1) is 14.0. The summed E-state index contributed by atoms with van der Waals surface area (Å²) in [6.45, 7) is 3.84. The zero-order valence-electron chi connectivity index (χ0n) is 12.3. The third-order valence-electron chi connectivity index (χ3n) is 3.36. The number of furan rings is 1. The smallest absolute Gasteiger partial charge is 0.146 e. The summed E-state index contributed by atoms with van der Waals surface area (Å²) in [7, 11) is 0. The van der Waals surface area contributed by atoms with Crippen molar-refractivity contribution in [2.45, 2.75) is 39.0 Å². The molecule has 1 aromatic heterocycles. The number of ether oxygens (including phenoxy) is 2. The monoisotopic (exact) mass is 287 g/mol. The van der Waals surface area contributed by atoms with Crippen LogP contribution in [0.5, 0.6) is 11.5 Å². The second-order valence-electron chi connectivity index (χ2n) is 5.22. The van der Waals surface area contributed by atoms with Gasteiger partial charge in [0.1, 0.15) is 29.6 Å². The minimum atomic E-state index is 0.430. The van der Waals surface area contributed by atoms with Crippen molar-refractivity contribution in [3.63, 3.8) is 0 Å². The van der Waals surface area contributed by atoms with Gasteiger partial charge in [-0.1, -0.05) is 6.07 Å². The lowest BCUT2D eigenvalue weighted by Gasteiger charge is -2.07. The van der Waals surface area contributed by atoms with Gasteiger partial charge in [0.15, 0.2) is 0 Å². The van der Waals surface area contributed by atoms with Crippen molar-refractivity contribution >= 4 is 0 Å². The number of nitrogens with one attached hydrogen (secondary N) is 1. The van der Waals surface area contributed by atoms with Crippen molar-refractivity contribution in [3.8, 4) is 11.5 Å². The van der Waals surface area contributed by atoms with E-state index < -0.39 is 0 Å². The summed E-state index contributed by atoms with van der Waals surface area (Å²) in [6.07, 6.45) is 2.57. The van der Waals surface area contributed by atoms with Crippen molar-refractivity contribution in [3.05, 3.63) is 47.9 Å². The lowest BCUT2D eigenvalue weighted by molar-refractivity contribution is 0.262. The standard InChI is InChI=1S/C17H21NO3/c1-2-19-14-4-3-5-15(10-14)20-12-17-9-8-16(21-17)11-18-13-6-7-13/h3-5,8-10,13,18H,2,6-7,11-12H2,1H3. The summed E-state index contributed by atoms with van der Waals surface area (Å²) in [4.78, 5) is 0. The summed E-state index contributed by atoms with van der Waals surface area (Å²) in [6, 6.07) is 12.3. The van der Waals surface area contributed by atoms with Gasteiger partial charge in [0.2, 0.25) is 0 Å². The Kier molecular flexibility index (Phi) is 4.46. The van der Waals surface area contributed by atoms with Crippen LogP contribution in [0.1, 0.15) is 31.3 Å². The van der Waals surface area contributed by atoms with Crippen LogP contribution in [0.15, 0.2) is 40.8 Å². The molecule has 1 aliphatic rings. The van der Waals surface area contributed by atoms with Crippen LogP contribution in [-0.2, 0) is 13.2 Å². The molecule has 4 nitrogen and oxygen atoms in total. The Morgan fingerprint density at radius 2 is 1.86 bits per heavy atom. The van der Waals surface area contributed by atoms with Gasteiger partial charge in [-0.15, -0.1) is 0 Å². The van der Waals surface area contributed by atoms with E-state index in [0.717, 1.165) is 29.6 Å². The van der Waals surface area contributed by atoms with Crippen LogP contribution in [0.4, 0.5) is 0 Å². The molecule has 0 atom stereocenters. The Morgan fingerprint density at radius 1 is 1.10 bits per heavy atom. The van der Waals surface area contributed by atoms with E-state index in [9.17, 15) is 0 Å². The van der Waals surface area contributed by atoms with Gasteiger partial charge in [0.05, 0.1) is 13.2 Å². The van der Waals surface area contributed by atoms with Crippen LogP contribution in [0, 0.1) is 0 Å². The molecule has 1 heterocycles. The molecule has 0 spiro atoms. The van der Waals surface area contributed by atoms with Crippen LogP contribution in [0.2, 0.25) is 0 Å². The zero-order valence-corrected chi connectivity index (χ0v) is 12.3. The molecule has 2 aromatic rings. The van der Waals surface area contributed by atoms with Crippen molar-refractivity contribution in [2.75, 3.05) is 6.61 Å². The highest BCUT2D eigenvalue weighted by Gasteiger charge is 2.20. The van der Waals surface area contributed by atoms with Gasteiger partial charge >= 0.3 is 0 Å². The third-order valence-corrected chi connectivity index (χ3v) is 3.36. The molecule has 0 saturated heterocycles. The van der Waals surface area contributed by atoms with Crippen LogP contribution in [-0.4, -0.2) is 12.6 Å². The zero-order chi connectivity index (χ0) is 14.5. The van der Waals surface area contributed by atoms with Gasteiger partial charge in [-0.05, 0) is 44.0 Å². The lowest BCUT2D eigenvalue weighted by Crippen LogP contribution is -2.14. The summed E-state index contributed by atoms with van der Waals surface area (Å²) in [5.74, 6) is 3.41. The fraction of sp³-hybridized carbons (Fsp3) is 0.412. The maximum Gasteiger partial charge on any atom is 0.146 e. The summed E-state index contributed by atoms with van der Waals surface area (Å²) >= 11 is 0. The first-order chi connectivity index (χ1) is 10.3. The van der Waals surface area contributed by atoms with Gasteiger partial charge in [-0.25, -0.2) is 0 Å². The van der Waals surface area contributed by atoms with Crippen molar-refractivity contribution in [2.24, 2.45) is 0 Å². The molecule has 1 N–H and O–H groups in total. The molecule has 1 aromatic carbocycles. The summed E-state index contributed by atoms with van der Waals surface area (Å²) < 4.78 is 16.9. The minimum absolute atomic E-state index is 0.430. The summed E-state index contributed by atoms with van der Waals surface area (Å²) in [5.41, 5.74) is 0. The molecule has 4 heteroatoms. The van der Waals surface area contributed by atoms with Gasteiger partial charge < -0.3 is 19.2 Å². The Bertz CT molecular complexity index is 575. The Morgan fingerprint density at radius 3 is 2.62 bits per heavy atom. The van der Waals surface area contributed by atoms with E-state index in [2.05, 4.69) is 5.32 Å². The Labute approximate surface area is 125 Å². The van der Waals surface area contributed by atoms with Crippen LogP contribution in [0.3, 0.4) is 0 Å². The quantitative estimate of drug-likeness (QED) is 0.807. The van der Waals surface area contributed by atoms with E-state index in [1.807, 2.05) is 43.3 Å². The Hall–Kier alpha value is -1.94. The van der Waals surface area contributed by atoms with Crippen LogP contribution >= 0.6 is 0 Å². The van der Waals surface area contributed by atoms with Crippen molar-refractivity contribution in [1.82, 2.24) is 5.32 Å². The first-order valence-electron chi connectivity index (χ1n) is 7.50. The first-order valence-corrected chi connectivity index (χ1v) is 7.50. The van der Waals surface area contributed by atoms with E-state index >= 15 is 0 Å². The molecule has 3 rings (SSSR count). The largest absolute Gasteiger partial charge is 0.494 e. The fourth-order valence-electron chi connectivity index (χ4n) is 2.10. The third kappa shape index (κ3) is 4.26. The lowest BCUT2D eigenvalue weighted by atomic mass is 10.3. The van der Waals surface area contributed by atoms with Crippen molar-refractivity contribution < 1.29 is 13.9 Å². The van der Waals surface area contributed by atoms with Crippen molar-refractivity contribution in [1.29, 1.82) is 0 Å². The highest BCUT2D eigenvalue weighted by atomic mass is 16.5. The molecule has 0 aliphatic heterocycles. The predicted molar refractivity (Wildman–Crippen MR) is 80.5 cm³/mol. The second kappa shape index (κ2) is 6.68. The fourth-order valence-corrected chi connectivity index (χ4v) is 2.10. The van der Waals surface area contributed by atoms with Gasteiger partial charge in [-0.2, -0.15) is 0 Å². The number of rotatable bonds is 8. The van der Waals surface area contributed by atoms with E-state index in [1.54, 1.807) is 0 Å². The minimum Gasteiger partial charge on any atom is -0.494 e. The normalized spacial score (nSPS) is 14.1. The highest BCUT2D eigenvalue weighted by Crippen LogP contribution is 2.22. The average Bonchev–Trinajstić information content (AvgIpc) is 3.22. The molecular weight excluding hydrogens is 266 g/mol. The predicted octanol–water partition coefficient (Wildman–Crippen LogP) is 3.51. The molecule has 0 amide bonds. The van der Waals surface area contributed by atoms with E-state index in [0.29, 0.717) is 19.3 Å². The van der Waals surface area contributed by atoms with Gasteiger partial charge in [0.25, 0.3) is 0 Å². The number of hydrogen-bond donors (Lipinski definition) is 1. The molecule has 1 fully saturated rings. The molecule has 0 unspecified atom stereocenters. The van der Waals surface area contributed by atoms with E-state index in [1.165, 1.54) is 12.8 Å². The van der Waals surface area contributed by atoms with E-state index in [-0.39, 0.29) is 0 Å². The molecule has 21 heavy (non-hydrogen) atoms. The maximum absolute atomic E-state index is 5.74. The SMILES string of the molecule is CCOc1cccc(OCc2ccc(CNC3CC3)o2)c1. The van der Waals surface area contributed by atoms with E-state index in [4.69, 9.17) is 13.9 Å². The van der Waals surface area contributed by atoms with Crippen LogP contribution in [0.25, 0.3) is 0 Å². The molecule has 0 bridgehead atoms. The molecular formula is C17H21NO3. The molecule has 1 saturated carbocycles. The van der Waals surface area contributed by atoms with Crippen LogP contribution < -0.4 is 14.8 Å². The maximum atomic E-state index is 5.74. The summed E-state index contributed by atoms with van der Waals surface area (Å²) in [5, 5.41) is 3.43. The topological polar surface area (TPSA) is 43.6 Å².